The Balaban J connectivity index is 2.51. The third-order valence-corrected chi connectivity index (χ3v) is 9.85. The highest BCUT2D eigenvalue weighted by molar-refractivity contribution is 6.89. The van der Waals surface area contributed by atoms with Crippen LogP contribution < -0.4 is 5.19 Å². The summed E-state index contributed by atoms with van der Waals surface area (Å²) < 4.78 is 5.61. The van der Waals surface area contributed by atoms with Gasteiger partial charge in [-0.1, -0.05) is 61.1 Å². The number of rotatable bonds is 6. The molecule has 96 valence electrons. The van der Waals surface area contributed by atoms with Crippen LogP contribution in [0.2, 0.25) is 38.3 Å². The quantitative estimate of drug-likeness (QED) is 0.711. The molecular weight excluding hydrogens is 240 g/mol. The van der Waals surface area contributed by atoms with Crippen LogP contribution in [0.3, 0.4) is 0 Å². The van der Waals surface area contributed by atoms with Crippen molar-refractivity contribution >= 4 is 21.6 Å². The minimum atomic E-state index is -1.36. The van der Waals surface area contributed by atoms with Crippen molar-refractivity contribution in [2.45, 2.75) is 44.7 Å². The molecule has 0 heterocycles. The Morgan fingerprint density at radius 3 is 2.06 bits per heavy atom. The van der Waals surface area contributed by atoms with Gasteiger partial charge in [-0.25, -0.2) is 0 Å². The van der Waals surface area contributed by atoms with E-state index in [-0.39, 0.29) is 0 Å². The molecule has 1 aromatic carbocycles. The van der Waals surface area contributed by atoms with Crippen molar-refractivity contribution in [1.82, 2.24) is 0 Å². The first-order valence-electron chi connectivity index (χ1n) is 6.48. The summed E-state index contributed by atoms with van der Waals surface area (Å²) in [4.78, 5) is 0. The molecule has 1 rings (SSSR count). The fourth-order valence-electron chi connectivity index (χ4n) is 2.09. The van der Waals surface area contributed by atoms with E-state index < -0.39 is 16.4 Å². The van der Waals surface area contributed by atoms with Crippen LogP contribution in [0.15, 0.2) is 30.3 Å². The first-order chi connectivity index (χ1) is 7.87. The molecule has 0 aliphatic carbocycles. The first-order valence-corrected chi connectivity index (χ1v) is 12.8. The van der Waals surface area contributed by atoms with Crippen LogP contribution in [0.1, 0.15) is 6.42 Å². The second-order valence-corrected chi connectivity index (χ2v) is 15.3. The summed E-state index contributed by atoms with van der Waals surface area (Å²) in [5.74, 6) is 0. The normalized spacial score (nSPS) is 12.8. The molecule has 1 aromatic rings. The van der Waals surface area contributed by atoms with E-state index in [1.165, 1.54) is 18.5 Å². The van der Waals surface area contributed by atoms with Gasteiger partial charge in [-0.2, -0.15) is 0 Å². The average molecular weight is 267 g/mol. The molecule has 0 aliphatic rings. The molecule has 0 unspecified atom stereocenters. The molecule has 0 aliphatic heterocycles. The highest BCUT2D eigenvalue weighted by Crippen LogP contribution is 2.19. The van der Waals surface area contributed by atoms with Gasteiger partial charge >= 0.3 is 0 Å². The van der Waals surface area contributed by atoms with Crippen molar-refractivity contribution in [2.75, 3.05) is 7.11 Å². The Labute approximate surface area is 108 Å². The van der Waals surface area contributed by atoms with Crippen LogP contribution in [-0.2, 0) is 4.43 Å². The van der Waals surface area contributed by atoms with E-state index in [1.807, 2.05) is 7.11 Å². The monoisotopic (exact) mass is 266 g/mol. The molecule has 0 radical (unpaired) electrons. The summed E-state index contributed by atoms with van der Waals surface area (Å²) in [7, 11) is -0.714. The molecule has 0 N–H and O–H groups in total. The summed E-state index contributed by atoms with van der Waals surface area (Å²) in [6.45, 7) is 9.57. The third-order valence-electron chi connectivity index (χ3n) is 3.69. The molecule has 0 saturated carbocycles. The smallest absolute Gasteiger partial charge is 0.186 e. The van der Waals surface area contributed by atoms with Crippen LogP contribution in [0.25, 0.3) is 0 Å². The molecule has 0 aromatic heterocycles. The van der Waals surface area contributed by atoms with Crippen LogP contribution in [0.5, 0.6) is 0 Å². The molecule has 0 bridgehead atoms. The van der Waals surface area contributed by atoms with Crippen LogP contribution in [-0.4, -0.2) is 23.5 Å². The Bertz CT molecular complexity index is 333. The fraction of sp³-hybridized carbons (Fsp3) is 0.571. The van der Waals surface area contributed by atoms with Gasteiger partial charge in [0.1, 0.15) is 0 Å². The molecule has 0 atom stereocenters. The van der Waals surface area contributed by atoms with E-state index in [0.29, 0.717) is 0 Å². The van der Waals surface area contributed by atoms with Gasteiger partial charge in [0, 0.05) is 7.11 Å². The standard InChI is InChI=1S/C14H26OSi2/c1-15-17(4,5)13-9-12-16(2,3)14-10-7-6-8-11-14/h6-8,10-11H,9,12-13H2,1-5H3. The van der Waals surface area contributed by atoms with Crippen molar-refractivity contribution in [2.24, 2.45) is 0 Å². The zero-order valence-electron chi connectivity index (χ0n) is 11.9. The van der Waals surface area contributed by atoms with Gasteiger partial charge in [0.05, 0.1) is 8.07 Å². The van der Waals surface area contributed by atoms with Gasteiger partial charge in [-0.15, -0.1) is 0 Å². The maximum atomic E-state index is 5.61. The van der Waals surface area contributed by atoms with E-state index in [1.54, 1.807) is 5.19 Å². The number of hydrogen-bond acceptors (Lipinski definition) is 1. The Morgan fingerprint density at radius 2 is 1.53 bits per heavy atom. The predicted octanol–water partition coefficient (Wildman–Crippen LogP) is 3.84. The minimum Gasteiger partial charge on any atom is -0.420 e. The van der Waals surface area contributed by atoms with Crippen molar-refractivity contribution in [3.05, 3.63) is 30.3 Å². The highest BCUT2D eigenvalue weighted by atomic mass is 28.4. The summed E-state index contributed by atoms with van der Waals surface area (Å²) in [5.41, 5.74) is 0. The Hall–Kier alpha value is -0.386. The molecule has 0 fully saturated rings. The van der Waals surface area contributed by atoms with Crippen molar-refractivity contribution in [3.63, 3.8) is 0 Å². The second kappa shape index (κ2) is 5.98. The van der Waals surface area contributed by atoms with Crippen molar-refractivity contribution in [3.8, 4) is 0 Å². The first kappa shape index (κ1) is 14.7. The number of benzene rings is 1. The van der Waals surface area contributed by atoms with Gasteiger partial charge in [-0.3, -0.25) is 0 Å². The lowest BCUT2D eigenvalue weighted by molar-refractivity contribution is 0.403. The van der Waals surface area contributed by atoms with Crippen molar-refractivity contribution < 1.29 is 4.43 Å². The van der Waals surface area contributed by atoms with E-state index in [9.17, 15) is 0 Å². The van der Waals surface area contributed by atoms with Crippen LogP contribution in [0.4, 0.5) is 0 Å². The lowest BCUT2D eigenvalue weighted by Crippen LogP contribution is -2.41. The van der Waals surface area contributed by atoms with E-state index >= 15 is 0 Å². The minimum absolute atomic E-state index is 1.23. The van der Waals surface area contributed by atoms with Crippen LogP contribution >= 0.6 is 0 Å². The maximum absolute atomic E-state index is 5.61. The lowest BCUT2D eigenvalue weighted by Gasteiger charge is -2.25. The Kier molecular flexibility index (Phi) is 5.16. The molecule has 3 heteroatoms. The molecule has 1 nitrogen and oxygen atoms in total. The van der Waals surface area contributed by atoms with E-state index in [2.05, 4.69) is 56.5 Å². The van der Waals surface area contributed by atoms with E-state index in [0.717, 1.165) is 0 Å². The van der Waals surface area contributed by atoms with Gasteiger partial charge in [0.25, 0.3) is 0 Å². The van der Waals surface area contributed by atoms with Crippen LogP contribution in [0, 0.1) is 0 Å². The Morgan fingerprint density at radius 1 is 0.941 bits per heavy atom. The topological polar surface area (TPSA) is 9.23 Å². The SMILES string of the molecule is CO[Si](C)(C)CCC[Si](C)(C)c1ccccc1. The second-order valence-electron chi connectivity index (χ2n) is 6.07. The van der Waals surface area contributed by atoms with Gasteiger partial charge < -0.3 is 4.43 Å². The molecule has 0 spiro atoms. The average Bonchev–Trinajstić information content (AvgIpc) is 2.30. The number of hydrogen-bond donors (Lipinski definition) is 0. The summed E-state index contributed by atoms with van der Waals surface area (Å²) >= 11 is 0. The largest absolute Gasteiger partial charge is 0.420 e. The summed E-state index contributed by atoms with van der Waals surface area (Å²) in [6, 6.07) is 13.7. The van der Waals surface area contributed by atoms with E-state index in [4.69, 9.17) is 4.43 Å². The lowest BCUT2D eigenvalue weighted by atomic mass is 10.4. The molecular formula is C14H26OSi2. The zero-order chi connectivity index (χ0) is 12.9. The van der Waals surface area contributed by atoms with Gasteiger partial charge in [0.2, 0.25) is 0 Å². The molecule has 0 amide bonds. The molecule has 17 heavy (non-hydrogen) atoms. The molecule has 0 saturated heterocycles. The van der Waals surface area contributed by atoms with Gasteiger partial charge in [0.15, 0.2) is 8.32 Å². The highest BCUT2D eigenvalue weighted by Gasteiger charge is 2.25. The summed E-state index contributed by atoms with van der Waals surface area (Å²) in [5, 5.41) is 1.58. The maximum Gasteiger partial charge on any atom is 0.186 e. The summed E-state index contributed by atoms with van der Waals surface area (Å²) in [6.07, 6.45) is 1.32. The predicted molar refractivity (Wildman–Crippen MR) is 82.3 cm³/mol. The zero-order valence-corrected chi connectivity index (χ0v) is 13.9. The fourth-order valence-corrected chi connectivity index (χ4v) is 6.12. The van der Waals surface area contributed by atoms with Gasteiger partial charge in [-0.05, 0) is 19.1 Å². The van der Waals surface area contributed by atoms with Crippen molar-refractivity contribution in [1.29, 1.82) is 0 Å². The third kappa shape index (κ3) is 4.78.